The van der Waals surface area contributed by atoms with Crippen LogP contribution >= 0.6 is 0 Å². The van der Waals surface area contributed by atoms with Crippen LogP contribution in [0.15, 0.2) is 12.3 Å². The summed E-state index contributed by atoms with van der Waals surface area (Å²) < 4.78 is 1.92. The lowest BCUT2D eigenvalue weighted by molar-refractivity contribution is -0.141. The lowest BCUT2D eigenvalue weighted by Crippen LogP contribution is -2.52. The first kappa shape index (κ1) is 15.0. The summed E-state index contributed by atoms with van der Waals surface area (Å²) in [5.74, 6) is 0.556. The second-order valence-corrected chi connectivity index (χ2v) is 6.03. The van der Waals surface area contributed by atoms with E-state index in [1.165, 1.54) is 5.69 Å². The molecule has 0 radical (unpaired) electrons. The highest BCUT2D eigenvalue weighted by Gasteiger charge is 2.27. The van der Waals surface area contributed by atoms with Gasteiger partial charge in [0.05, 0.1) is 13.1 Å². The Hall–Kier alpha value is -1.89. The van der Waals surface area contributed by atoms with Crippen LogP contribution in [0.3, 0.4) is 0 Å². The maximum absolute atomic E-state index is 12.4. The van der Waals surface area contributed by atoms with Crippen LogP contribution in [0.2, 0.25) is 0 Å². The summed E-state index contributed by atoms with van der Waals surface area (Å²) in [7, 11) is 1.96. The quantitative estimate of drug-likeness (QED) is 0.822. The van der Waals surface area contributed by atoms with Gasteiger partial charge in [0.15, 0.2) is 0 Å². The number of rotatable bonds is 3. The number of hydrogen-bond donors (Lipinski definition) is 1. The van der Waals surface area contributed by atoms with E-state index in [-0.39, 0.29) is 18.4 Å². The smallest absolute Gasteiger partial charge is 0.242 e. The second kappa shape index (κ2) is 6.48. The van der Waals surface area contributed by atoms with Crippen LogP contribution in [0.4, 0.5) is 0 Å². The SMILES string of the molecule is Cn1nccc1C1CCN(C(=O)CN2CCNCC2=O)CC1. The highest BCUT2D eigenvalue weighted by atomic mass is 16.2. The topological polar surface area (TPSA) is 70.5 Å². The third kappa shape index (κ3) is 3.14. The molecule has 0 saturated carbocycles. The Morgan fingerprint density at radius 2 is 2.14 bits per heavy atom. The Labute approximate surface area is 130 Å². The number of nitrogens with one attached hydrogen (secondary N) is 1. The fraction of sp³-hybridized carbons (Fsp3) is 0.667. The average Bonchev–Trinajstić information content (AvgIpc) is 2.96. The second-order valence-electron chi connectivity index (χ2n) is 6.03. The zero-order valence-electron chi connectivity index (χ0n) is 13.0. The van der Waals surface area contributed by atoms with E-state index in [9.17, 15) is 9.59 Å². The molecule has 0 aliphatic carbocycles. The number of aromatic nitrogens is 2. The van der Waals surface area contributed by atoms with Crippen molar-refractivity contribution in [1.82, 2.24) is 24.9 Å². The summed E-state index contributed by atoms with van der Waals surface area (Å²) >= 11 is 0. The van der Waals surface area contributed by atoms with Crippen molar-refractivity contribution in [3.05, 3.63) is 18.0 Å². The molecule has 0 bridgehead atoms. The van der Waals surface area contributed by atoms with E-state index in [0.717, 1.165) is 32.5 Å². The van der Waals surface area contributed by atoms with E-state index < -0.39 is 0 Å². The van der Waals surface area contributed by atoms with E-state index in [2.05, 4.69) is 16.5 Å². The molecule has 3 heterocycles. The largest absolute Gasteiger partial charge is 0.341 e. The van der Waals surface area contributed by atoms with Crippen molar-refractivity contribution in [3.8, 4) is 0 Å². The van der Waals surface area contributed by atoms with Gasteiger partial charge in [-0.1, -0.05) is 0 Å². The molecule has 2 aliphatic heterocycles. The molecule has 1 aromatic heterocycles. The fourth-order valence-electron chi connectivity index (χ4n) is 3.29. The van der Waals surface area contributed by atoms with Crippen molar-refractivity contribution in [3.63, 3.8) is 0 Å². The summed E-state index contributed by atoms with van der Waals surface area (Å²) in [6, 6.07) is 2.06. The first-order chi connectivity index (χ1) is 10.6. The molecule has 2 fully saturated rings. The van der Waals surface area contributed by atoms with Gasteiger partial charge in [0.2, 0.25) is 11.8 Å². The van der Waals surface area contributed by atoms with Crippen LogP contribution in [0.1, 0.15) is 24.5 Å². The summed E-state index contributed by atoms with van der Waals surface area (Å²) in [6.45, 7) is 3.47. The van der Waals surface area contributed by atoms with Crippen LogP contribution in [0, 0.1) is 0 Å². The number of carbonyl (C=O) groups excluding carboxylic acids is 2. The molecule has 2 aliphatic rings. The Kier molecular flexibility index (Phi) is 4.42. The minimum Gasteiger partial charge on any atom is -0.341 e. The van der Waals surface area contributed by atoms with Gasteiger partial charge in [-0.2, -0.15) is 5.10 Å². The van der Waals surface area contributed by atoms with Crippen LogP contribution in [-0.4, -0.2) is 70.7 Å². The molecule has 3 rings (SSSR count). The summed E-state index contributed by atoms with van der Waals surface area (Å²) in [5.41, 5.74) is 1.24. The van der Waals surface area contributed by atoms with E-state index in [4.69, 9.17) is 0 Å². The van der Waals surface area contributed by atoms with Gasteiger partial charge in [-0.25, -0.2) is 0 Å². The normalized spacial score (nSPS) is 20.5. The Balaban J connectivity index is 1.51. The number of carbonyl (C=O) groups is 2. The number of amides is 2. The van der Waals surface area contributed by atoms with Gasteiger partial charge in [0.1, 0.15) is 0 Å². The minimum atomic E-state index is 0.0179. The Bertz CT molecular complexity index is 548. The van der Waals surface area contributed by atoms with E-state index in [1.54, 1.807) is 4.90 Å². The van der Waals surface area contributed by atoms with Gasteiger partial charge >= 0.3 is 0 Å². The van der Waals surface area contributed by atoms with Crippen molar-refractivity contribution in [2.24, 2.45) is 7.05 Å². The molecule has 22 heavy (non-hydrogen) atoms. The maximum Gasteiger partial charge on any atom is 0.242 e. The Morgan fingerprint density at radius 1 is 1.36 bits per heavy atom. The summed E-state index contributed by atoms with van der Waals surface area (Å²) in [6.07, 6.45) is 3.74. The van der Waals surface area contributed by atoms with E-state index in [1.807, 2.05) is 22.8 Å². The molecular weight excluding hydrogens is 282 g/mol. The number of piperazine rings is 1. The van der Waals surface area contributed by atoms with E-state index >= 15 is 0 Å². The van der Waals surface area contributed by atoms with Gasteiger partial charge in [0, 0.05) is 51.0 Å². The molecule has 0 unspecified atom stereocenters. The van der Waals surface area contributed by atoms with Crippen LogP contribution in [-0.2, 0) is 16.6 Å². The van der Waals surface area contributed by atoms with Gasteiger partial charge in [-0.3, -0.25) is 14.3 Å². The zero-order chi connectivity index (χ0) is 15.5. The number of piperidine rings is 1. The summed E-state index contributed by atoms with van der Waals surface area (Å²) in [5, 5.41) is 7.24. The zero-order valence-corrected chi connectivity index (χ0v) is 13.0. The van der Waals surface area contributed by atoms with E-state index in [0.29, 0.717) is 19.0 Å². The predicted molar refractivity (Wildman–Crippen MR) is 81.2 cm³/mol. The van der Waals surface area contributed by atoms with Crippen molar-refractivity contribution in [2.45, 2.75) is 18.8 Å². The number of likely N-dealkylation sites (tertiary alicyclic amines) is 1. The van der Waals surface area contributed by atoms with Crippen LogP contribution in [0.5, 0.6) is 0 Å². The molecule has 0 atom stereocenters. The molecule has 2 amide bonds. The lowest BCUT2D eigenvalue weighted by Gasteiger charge is -2.34. The van der Waals surface area contributed by atoms with Crippen molar-refractivity contribution in [2.75, 3.05) is 39.3 Å². The molecule has 7 nitrogen and oxygen atoms in total. The Morgan fingerprint density at radius 3 is 2.77 bits per heavy atom. The van der Waals surface area contributed by atoms with Gasteiger partial charge in [0.25, 0.3) is 0 Å². The third-order valence-corrected chi connectivity index (χ3v) is 4.64. The molecule has 0 spiro atoms. The average molecular weight is 305 g/mol. The van der Waals surface area contributed by atoms with Crippen LogP contribution < -0.4 is 5.32 Å². The fourth-order valence-corrected chi connectivity index (χ4v) is 3.29. The highest BCUT2D eigenvalue weighted by molar-refractivity contribution is 5.86. The predicted octanol–water partition coefficient (Wildman–Crippen LogP) is -0.442. The molecule has 0 aromatic carbocycles. The van der Waals surface area contributed by atoms with Crippen molar-refractivity contribution in [1.29, 1.82) is 0 Å². The maximum atomic E-state index is 12.4. The van der Waals surface area contributed by atoms with Crippen LogP contribution in [0.25, 0.3) is 0 Å². The lowest BCUT2D eigenvalue weighted by atomic mass is 9.93. The summed E-state index contributed by atoms with van der Waals surface area (Å²) in [4.78, 5) is 27.7. The minimum absolute atomic E-state index is 0.0179. The van der Waals surface area contributed by atoms with Gasteiger partial charge in [-0.15, -0.1) is 0 Å². The van der Waals surface area contributed by atoms with Gasteiger partial charge in [-0.05, 0) is 18.9 Å². The van der Waals surface area contributed by atoms with Crippen molar-refractivity contribution >= 4 is 11.8 Å². The molecule has 2 saturated heterocycles. The monoisotopic (exact) mass is 305 g/mol. The number of aryl methyl sites for hydroxylation is 1. The van der Waals surface area contributed by atoms with Crippen molar-refractivity contribution < 1.29 is 9.59 Å². The first-order valence-electron chi connectivity index (χ1n) is 7.89. The molecule has 7 heteroatoms. The van der Waals surface area contributed by atoms with Gasteiger partial charge < -0.3 is 15.1 Å². The molecular formula is C15H23N5O2. The molecule has 120 valence electrons. The standard InChI is InChI=1S/C15H23N5O2/c1-18-13(2-5-17-18)12-3-7-19(8-4-12)15(22)11-20-9-6-16-10-14(20)21/h2,5,12,16H,3-4,6-11H2,1H3. The first-order valence-corrected chi connectivity index (χ1v) is 7.89. The highest BCUT2D eigenvalue weighted by Crippen LogP contribution is 2.27. The number of hydrogen-bond acceptors (Lipinski definition) is 4. The third-order valence-electron chi connectivity index (χ3n) is 4.64. The molecule has 1 N–H and O–H groups in total. The number of nitrogens with zero attached hydrogens (tertiary/aromatic N) is 4. The molecule has 1 aromatic rings.